The molecule has 8 nitrogen and oxygen atoms in total. The largest absolute Gasteiger partial charge is 0.385 e. The first kappa shape index (κ1) is 21.5. The molecule has 1 amide bonds. The molecule has 0 aliphatic carbocycles. The van der Waals surface area contributed by atoms with Crippen molar-refractivity contribution in [2.75, 3.05) is 19.5 Å². The van der Waals surface area contributed by atoms with Crippen LogP contribution in [0.25, 0.3) is 16.7 Å². The number of carbonyl (C=O) groups is 1. The number of carbonyl (C=O) groups excluding carboxylic acids is 1. The van der Waals surface area contributed by atoms with Crippen molar-refractivity contribution < 1.29 is 14.1 Å². The van der Waals surface area contributed by atoms with E-state index in [-0.39, 0.29) is 28.9 Å². The van der Waals surface area contributed by atoms with E-state index in [0.717, 1.165) is 5.56 Å². The van der Waals surface area contributed by atoms with Crippen molar-refractivity contribution in [1.82, 2.24) is 14.7 Å². The van der Waals surface area contributed by atoms with Crippen molar-refractivity contribution in [3.05, 3.63) is 82.3 Å². The molecule has 8 heteroatoms. The molecule has 0 saturated heterocycles. The van der Waals surface area contributed by atoms with Gasteiger partial charge in [-0.3, -0.25) is 14.0 Å². The van der Waals surface area contributed by atoms with Crippen molar-refractivity contribution in [2.45, 2.75) is 25.9 Å². The molecule has 0 fully saturated rings. The predicted molar refractivity (Wildman–Crippen MR) is 122 cm³/mol. The smallest absolute Gasteiger partial charge is 0.278 e. The Morgan fingerprint density at radius 1 is 1.22 bits per heavy atom. The van der Waals surface area contributed by atoms with Crippen LogP contribution in [0.1, 0.15) is 35.3 Å². The van der Waals surface area contributed by atoms with E-state index < -0.39 is 0 Å². The molecule has 1 aromatic carbocycles. The SMILES string of the molecule is COCCC[n+]1c(N)c(C(=O)N[C@@H](C)c2ccccc2)cc2c(=O)n3ccccc3nc21. The van der Waals surface area contributed by atoms with Crippen LogP contribution in [0.5, 0.6) is 0 Å². The third-order valence-electron chi connectivity index (χ3n) is 5.48. The first-order chi connectivity index (χ1) is 15.5. The zero-order chi connectivity index (χ0) is 22.7. The molecule has 4 aromatic rings. The summed E-state index contributed by atoms with van der Waals surface area (Å²) in [6.45, 7) is 2.88. The van der Waals surface area contributed by atoms with Crippen LogP contribution in [0.15, 0.2) is 65.6 Å². The van der Waals surface area contributed by atoms with Gasteiger partial charge >= 0.3 is 0 Å². The van der Waals surface area contributed by atoms with Crippen LogP contribution in [0.4, 0.5) is 5.82 Å². The van der Waals surface area contributed by atoms with Gasteiger partial charge in [0.25, 0.3) is 17.1 Å². The van der Waals surface area contributed by atoms with E-state index in [1.165, 1.54) is 4.40 Å². The van der Waals surface area contributed by atoms with Gasteiger partial charge in [0.05, 0.1) is 12.6 Å². The van der Waals surface area contributed by atoms with Gasteiger partial charge in [0.15, 0.2) is 0 Å². The summed E-state index contributed by atoms with van der Waals surface area (Å²) in [6.07, 6.45) is 2.31. The topological polar surface area (TPSA) is 103 Å². The van der Waals surface area contributed by atoms with Gasteiger partial charge in [0.2, 0.25) is 11.5 Å². The number of rotatable bonds is 7. The molecule has 0 aliphatic rings. The Kier molecular flexibility index (Phi) is 6.13. The normalized spacial score (nSPS) is 12.2. The monoisotopic (exact) mass is 432 g/mol. The fourth-order valence-electron chi connectivity index (χ4n) is 3.78. The summed E-state index contributed by atoms with van der Waals surface area (Å²) in [7, 11) is 1.62. The summed E-state index contributed by atoms with van der Waals surface area (Å²) in [6, 6.07) is 16.3. The van der Waals surface area contributed by atoms with Gasteiger partial charge in [0, 0.05) is 26.3 Å². The summed E-state index contributed by atoms with van der Waals surface area (Å²) in [5.41, 5.74) is 8.38. The average molecular weight is 433 g/mol. The van der Waals surface area contributed by atoms with Gasteiger partial charge in [-0.15, -0.1) is 0 Å². The number of amides is 1. The molecule has 3 heterocycles. The lowest BCUT2D eigenvalue weighted by molar-refractivity contribution is -0.659. The van der Waals surface area contributed by atoms with Crippen LogP contribution < -0.4 is 21.2 Å². The first-order valence-corrected chi connectivity index (χ1v) is 10.5. The van der Waals surface area contributed by atoms with Gasteiger partial charge < -0.3 is 15.8 Å². The van der Waals surface area contributed by atoms with Gasteiger partial charge in [-0.2, -0.15) is 0 Å². The van der Waals surface area contributed by atoms with Gasteiger partial charge in [-0.05, 0) is 30.7 Å². The molecule has 3 aromatic heterocycles. The summed E-state index contributed by atoms with van der Waals surface area (Å²) in [5, 5.41) is 3.31. The maximum atomic E-state index is 13.2. The molecule has 4 rings (SSSR count). The second kappa shape index (κ2) is 9.15. The number of fused-ring (bicyclic) bond motifs is 2. The van der Waals surface area contributed by atoms with Crippen molar-refractivity contribution >= 4 is 28.4 Å². The van der Waals surface area contributed by atoms with E-state index in [1.807, 2.05) is 43.3 Å². The van der Waals surface area contributed by atoms with Crippen LogP contribution in [0.2, 0.25) is 0 Å². The van der Waals surface area contributed by atoms with Crippen LogP contribution in [-0.4, -0.2) is 29.0 Å². The fraction of sp³-hybridized carbons (Fsp3) is 0.250. The molecule has 0 spiro atoms. The highest BCUT2D eigenvalue weighted by Gasteiger charge is 2.25. The van der Waals surface area contributed by atoms with E-state index in [1.54, 1.807) is 36.1 Å². The Labute approximate surface area is 185 Å². The lowest BCUT2D eigenvalue weighted by atomic mass is 10.1. The number of aryl methyl sites for hydroxylation is 1. The molecule has 1 atom stereocenters. The Hall–Kier alpha value is -3.78. The van der Waals surface area contributed by atoms with Crippen molar-refractivity contribution in [1.29, 1.82) is 0 Å². The Morgan fingerprint density at radius 3 is 2.72 bits per heavy atom. The van der Waals surface area contributed by atoms with Gasteiger partial charge in [0.1, 0.15) is 10.9 Å². The number of aromatic nitrogens is 3. The van der Waals surface area contributed by atoms with E-state index in [9.17, 15) is 9.59 Å². The number of hydrogen-bond acceptors (Lipinski definition) is 5. The molecular formula is C24H26N5O3+. The van der Waals surface area contributed by atoms with Crippen molar-refractivity contribution in [3.63, 3.8) is 0 Å². The lowest BCUT2D eigenvalue weighted by Gasteiger charge is -2.16. The van der Waals surface area contributed by atoms with E-state index in [2.05, 4.69) is 10.3 Å². The molecule has 0 radical (unpaired) electrons. The van der Waals surface area contributed by atoms with Crippen molar-refractivity contribution in [3.8, 4) is 0 Å². The quantitative estimate of drug-likeness (QED) is 0.265. The molecule has 0 aliphatic heterocycles. The maximum absolute atomic E-state index is 13.2. The standard InChI is InChI=1S/C24H25N5O3/c1-16(17-9-4-3-5-10-17)26-23(30)18-15-19-22(29(21(18)25)13-8-14-32-2)27-20-11-6-7-12-28(20)24(19)31/h3-7,9-12,15-16,25H,8,13-14H2,1-2H3,(H,26,30)/p+1/t16-/m0/s1. The van der Waals surface area contributed by atoms with Gasteiger partial charge in [-0.25, -0.2) is 4.57 Å². The summed E-state index contributed by atoms with van der Waals surface area (Å²) < 4.78 is 8.36. The Bertz CT molecular complexity index is 1330. The number of nitrogens with zero attached hydrogens (tertiary/aromatic N) is 3. The van der Waals surface area contributed by atoms with Gasteiger partial charge in [-0.1, -0.05) is 41.4 Å². The number of methoxy groups -OCH3 is 1. The summed E-state index contributed by atoms with van der Waals surface area (Å²) >= 11 is 0. The predicted octanol–water partition coefficient (Wildman–Crippen LogP) is 2.24. The maximum Gasteiger partial charge on any atom is 0.278 e. The average Bonchev–Trinajstić information content (AvgIpc) is 2.81. The minimum absolute atomic E-state index is 0.225. The number of benzene rings is 1. The van der Waals surface area contributed by atoms with E-state index in [4.69, 9.17) is 10.5 Å². The molecule has 0 saturated carbocycles. The third-order valence-corrected chi connectivity index (χ3v) is 5.48. The molecule has 0 unspecified atom stereocenters. The molecule has 0 bridgehead atoms. The van der Waals surface area contributed by atoms with Crippen LogP contribution >= 0.6 is 0 Å². The zero-order valence-corrected chi connectivity index (χ0v) is 18.1. The molecular weight excluding hydrogens is 406 g/mol. The summed E-state index contributed by atoms with van der Waals surface area (Å²) in [5.74, 6) is -0.0858. The number of pyridine rings is 2. The van der Waals surface area contributed by atoms with Crippen LogP contribution in [0, 0.1) is 0 Å². The van der Waals surface area contributed by atoms with Crippen LogP contribution in [0.3, 0.4) is 0 Å². The highest BCUT2D eigenvalue weighted by Crippen LogP contribution is 2.17. The number of nitrogens with one attached hydrogen (secondary N) is 1. The lowest BCUT2D eigenvalue weighted by Crippen LogP contribution is -2.43. The fourth-order valence-corrected chi connectivity index (χ4v) is 3.78. The van der Waals surface area contributed by atoms with E-state index >= 15 is 0 Å². The first-order valence-electron chi connectivity index (χ1n) is 10.5. The highest BCUT2D eigenvalue weighted by atomic mass is 16.5. The minimum atomic E-state index is -0.348. The highest BCUT2D eigenvalue weighted by molar-refractivity contribution is 6.00. The molecule has 3 N–H and O–H groups in total. The third kappa shape index (κ3) is 4.04. The summed E-state index contributed by atoms with van der Waals surface area (Å²) in [4.78, 5) is 31.1. The Balaban J connectivity index is 1.84. The van der Waals surface area contributed by atoms with Crippen LogP contribution in [-0.2, 0) is 11.3 Å². The second-order valence-electron chi connectivity index (χ2n) is 7.63. The number of hydrogen-bond donors (Lipinski definition) is 2. The number of nitrogens with two attached hydrogens (primary N) is 1. The Morgan fingerprint density at radius 2 is 1.97 bits per heavy atom. The molecule has 32 heavy (non-hydrogen) atoms. The van der Waals surface area contributed by atoms with Crippen molar-refractivity contribution in [2.24, 2.45) is 0 Å². The minimum Gasteiger partial charge on any atom is -0.385 e. The number of anilines is 1. The molecule has 164 valence electrons. The second-order valence-corrected chi connectivity index (χ2v) is 7.63. The zero-order valence-electron chi connectivity index (χ0n) is 18.1. The number of ether oxygens (including phenoxy) is 1. The number of nitrogen functional groups attached to an aromatic ring is 1. The van der Waals surface area contributed by atoms with E-state index in [0.29, 0.717) is 36.3 Å².